The molecule has 5 heteroatoms. The molecule has 2 atom stereocenters. The molecular weight excluding hydrogens is 292 g/mol. The zero-order valence-electron chi connectivity index (χ0n) is 9.64. The molecule has 2 unspecified atom stereocenters. The number of benzene rings is 1. The van der Waals surface area contributed by atoms with Gasteiger partial charge in [0, 0.05) is 10.9 Å². The molecule has 1 amide bonds. The number of halogens is 3. The van der Waals surface area contributed by atoms with E-state index >= 15 is 0 Å². The second-order valence-electron chi connectivity index (χ2n) is 3.99. The quantitative estimate of drug-likeness (QED) is 0.850. The molecule has 0 aliphatic heterocycles. The number of carbonyl (C=O) groups excluding carboxylic acids is 1. The summed E-state index contributed by atoms with van der Waals surface area (Å²) in [6, 6.07) is 3.44. The third kappa shape index (κ3) is 4.07. The maximum absolute atomic E-state index is 13.3. The minimum atomic E-state index is -1.11. The van der Waals surface area contributed by atoms with Gasteiger partial charge in [-0.2, -0.15) is 0 Å². The molecule has 1 aromatic rings. The van der Waals surface area contributed by atoms with Crippen molar-refractivity contribution in [3.05, 3.63) is 35.4 Å². The SMILES string of the molecule is CC(Br)CC(C)NC(=O)c1cccc(F)c1F. The predicted octanol–water partition coefficient (Wildman–Crippen LogP) is 3.26. The number of amides is 1. The first-order chi connectivity index (χ1) is 7.91. The smallest absolute Gasteiger partial charge is 0.254 e. The Morgan fingerprint density at radius 3 is 2.65 bits per heavy atom. The van der Waals surface area contributed by atoms with Crippen LogP contribution in [0.1, 0.15) is 30.6 Å². The number of carbonyl (C=O) groups is 1. The van der Waals surface area contributed by atoms with E-state index in [0.29, 0.717) is 6.42 Å². The zero-order valence-corrected chi connectivity index (χ0v) is 11.2. The topological polar surface area (TPSA) is 29.1 Å². The zero-order chi connectivity index (χ0) is 13.0. The molecule has 0 aliphatic carbocycles. The van der Waals surface area contributed by atoms with Crippen molar-refractivity contribution in [1.82, 2.24) is 5.32 Å². The summed E-state index contributed by atoms with van der Waals surface area (Å²) in [7, 11) is 0. The van der Waals surface area contributed by atoms with Gasteiger partial charge in [-0.3, -0.25) is 4.79 Å². The Balaban J connectivity index is 2.73. The van der Waals surface area contributed by atoms with Crippen molar-refractivity contribution in [2.75, 3.05) is 0 Å². The molecule has 0 saturated heterocycles. The van der Waals surface area contributed by atoms with E-state index in [2.05, 4.69) is 21.2 Å². The lowest BCUT2D eigenvalue weighted by molar-refractivity contribution is 0.0933. The van der Waals surface area contributed by atoms with Crippen molar-refractivity contribution >= 4 is 21.8 Å². The second kappa shape index (κ2) is 6.10. The van der Waals surface area contributed by atoms with Crippen molar-refractivity contribution in [2.24, 2.45) is 0 Å². The van der Waals surface area contributed by atoms with Gasteiger partial charge in [0.05, 0.1) is 5.56 Å². The fourth-order valence-corrected chi connectivity index (χ4v) is 2.09. The average molecular weight is 306 g/mol. The van der Waals surface area contributed by atoms with Crippen molar-refractivity contribution in [1.29, 1.82) is 0 Å². The molecule has 17 heavy (non-hydrogen) atoms. The van der Waals surface area contributed by atoms with Crippen LogP contribution in [0.2, 0.25) is 0 Å². The lowest BCUT2D eigenvalue weighted by Gasteiger charge is -2.15. The van der Waals surface area contributed by atoms with Crippen LogP contribution in [-0.4, -0.2) is 16.8 Å². The van der Waals surface area contributed by atoms with Gasteiger partial charge in [0.1, 0.15) is 0 Å². The molecule has 0 radical (unpaired) electrons. The Labute approximate surface area is 108 Å². The molecule has 0 saturated carbocycles. The molecule has 94 valence electrons. The van der Waals surface area contributed by atoms with Crippen LogP contribution >= 0.6 is 15.9 Å². The summed E-state index contributed by atoms with van der Waals surface area (Å²) in [5.74, 6) is -2.72. The second-order valence-corrected chi connectivity index (χ2v) is 5.56. The number of hydrogen-bond acceptors (Lipinski definition) is 1. The molecule has 0 aromatic heterocycles. The van der Waals surface area contributed by atoms with E-state index in [1.165, 1.54) is 12.1 Å². The van der Waals surface area contributed by atoms with E-state index in [1.807, 2.05) is 13.8 Å². The van der Waals surface area contributed by atoms with Crippen molar-refractivity contribution in [3.8, 4) is 0 Å². The summed E-state index contributed by atoms with van der Waals surface area (Å²) in [6.45, 7) is 3.76. The van der Waals surface area contributed by atoms with Crippen LogP contribution in [0, 0.1) is 11.6 Å². The molecule has 0 heterocycles. The first-order valence-corrected chi connectivity index (χ1v) is 6.22. The first kappa shape index (κ1) is 14.1. The molecule has 0 spiro atoms. The third-order valence-corrected chi connectivity index (χ3v) is 2.63. The van der Waals surface area contributed by atoms with Gasteiger partial charge in [0.25, 0.3) is 5.91 Å². The normalized spacial score (nSPS) is 14.2. The maximum atomic E-state index is 13.3. The summed E-state index contributed by atoms with van der Waals surface area (Å²) in [6.07, 6.45) is 0.711. The molecule has 0 aliphatic rings. The van der Waals surface area contributed by atoms with Crippen LogP contribution < -0.4 is 5.32 Å². The summed E-state index contributed by atoms with van der Waals surface area (Å²) in [5.41, 5.74) is -0.265. The van der Waals surface area contributed by atoms with Crippen molar-refractivity contribution < 1.29 is 13.6 Å². The van der Waals surface area contributed by atoms with E-state index in [-0.39, 0.29) is 16.4 Å². The summed E-state index contributed by atoms with van der Waals surface area (Å²) in [5, 5.41) is 2.62. The van der Waals surface area contributed by atoms with Gasteiger partial charge in [0.2, 0.25) is 0 Å². The lowest BCUT2D eigenvalue weighted by atomic mass is 10.1. The van der Waals surface area contributed by atoms with E-state index in [9.17, 15) is 13.6 Å². The summed E-state index contributed by atoms with van der Waals surface area (Å²) >= 11 is 3.36. The minimum Gasteiger partial charge on any atom is -0.349 e. The van der Waals surface area contributed by atoms with Crippen LogP contribution in [0.15, 0.2) is 18.2 Å². The Morgan fingerprint density at radius 1 is 1.41 bits per heavy atom. The molecular formula is C12H14BrF2NO. The van der Waals surface area contributed by atoms with Crippen LogP contribution in [0.5, 0.6) is 0 Å². The molecule has 1 rings (SSSR count). The number of nitrogens with one attached hydrogen (secondary N) is 1. The fraction of sp³-hybridized carbons (Fsp3) is 0.417. The standard InChI is InChI=1S/C12H14BrF2NO/c1-7(13)6-8(2)16-12(17)9-4-3-5-10(14)11(9)15/h3-5,7-8H,6H2,1-2H3,(H,16,17). The summed E-state index contributed by atoms with van der Waals surface area (Å²) < 4.78 is 26.2. The van der Waals surface area contributed by atoms with Gasteiger partial charge < -0.3 is 5.32 Å². The first-order valence-electron chi connectivity index (χ1n) is 5.30. The molecule has 0 bridgehead atoms. The minimum absolute atomic E-state index is 0.112. The Bertz CT molecular complexity index is 409. The van der Waals surface area contributed by atoms with Gasteiger partial charge in [-0.25, -0.2) is 8.78 Å². The Hall–Kier alpha value is -0.970. The van der Waals surface area contributed by atoms with Crippen LogP contribution in [0.25, 0.3) is 0 Å². The Kier molecular flexibility index (Phi) is 5.05. The number of rotatable bonds is 4. The van der Waals surface area contributed by atoms with Crippen LogP contribution in [0.4, 0.5) is 8.78 Å². The van der Waals surface area contributed by atoms with E-state index < -0.39 is 17.5 Å². The van der Waals surface area contributed by atoms with Gasteiger partial charge in [-0.15, -0.1) is 0 Å². The number of hydrogen-bond donors (Lipinski definition) is 1. The predicted molar refractivity (Wildman–Crippen MR) is 66.3 cm³/mol. The van der Waals surface area contributed by atoms with Gasteiger partial charge >= 0.3 is 0 Å². The van der Waals surface area contributed by atoms with Gasteiger partial charge in [0.15, 0.2) is 11.6 Å². The van der Waals surface area contributed by atoms with Crippen LogP contribution in [-0.2, 0) is 0 Å². The fourth-order valence-electron chi connectivity index (χ4n) is 1.53. The van der Waals surface area contributed by atoms with E-state index in [1.54, 1.807) is 0 Å². The third-order valence-electron chi connectivity index (χ3n) is 2.25. The number of alkyl halides is 1. The molecule has 1 aromatic carbocycles. The van der Waals surface area contributed by atoms with Crippen molar-refractivity contribution in [3.63, 3.8) is 0 Å². The highest BCUT2D eigenvalue weighted by Gasteiger charge is 2.17. The highest BCUT2D eigenvalue weighted by molar-refractivity contribution is 9.09. The highest BCUT2D eigenvalue weighted by atomic mass is 79.9. The molecule has 2 nitrogen and oxygen atoms in total. The van der Waals surface area contributed by atoms with E-state index in [4.69, 9.17) is 0 Å². The molecule has 1 N–H and O–H groups in total. The average Bonchev–Trinajstić information content (AvgIpc) is 2.20. The molecule has 0 fully saturated rings. The monoisotopic (exact) mass is 305 g/mol. The highest BCUT2D eigenvalue weighted by Crippen LogP contribution is 2.12. The van der Waals surface area contributed by atoms with Gasteiger partial charge in [-0.05, 0) is 25.5 Å². The summed E-state index contributed by atoms with van der Waals surface area (Å²) in [4.78, 5) is 11.9. The largest absolute Gasteiger partial charge is 0.349 e. The maximum Gasteiger partial charge on any atom is 0.254 e. The van der Waals surface area contributed by atoms with Crippen LogP contribution in [0.3, 0.4) is 0 Å². The lowest BCUT2D eigenvalue weighted by Crippen LogP contribution is -2.34. The van der Waals surface area contributed by atoms with Crippen molar-refractivity contribution in [2.45, 2.75) is 31.1 Å². The van der Waals surface area contributed by atoms with Gasteiger partial charge in [-0.1, -0.05) is 28.9 Å². The van der Waals surface area contributed by atoms with E-state index in [0.717, 1.165) is 6.07 Å². The Morgan fingerprint density at radius 2 is 2.06 bits per heavy atom.